The van der Waals surface area contributed by atoms with Gasteiger partial charge in [-0.15, -0.1) is 0 Å². The van der Waals surface area contributed by atoms with Crippen molar-refractivity contribution in [3.8, 4) is 5.75 Å². The highest BCUT2D eigenvalue weighted by molar-refractivity contribution is 6.12. The lowest BCUT2D eigenvalue weighted by Crippen LogP contribution is -2.05. The molecule has 0 spiro atoms. The first-order valence-corrected chi connectivity index (χ1v) is 5.82. The van der Waals surface area contributed by atoms with Crippen LogP contribution >= 0.6 is 0 Å². The Morgan fingerprint density at radius 2 is 1.67 bits per heavy atom. The van der Waals surface area contributed by atoms with Gasteiger partial charge in [0.15, 0.2) is 5.78 Å². The zero-order valence-electron chi connectivity index (χ0n) is 9.97. The second kappa shape index (κ2) is 3.84. The van der Waals surface area contributed by atoms with E-state index >= 15 is 0 Å². The van der Waals surface area contributed by atoms with Crippen LogP contribution in [0.1, 0.15) is 32.6 Å². The molecule has 18 heavy (non-hydrogen) atoms. The molecule has 0 bridgehead atoms. The van der Waals surface area contributed by atoms with Crippen LogP contribution in [-0.4, -0.2) is 10.9 Å². The van der Waals surface area contributed by atoms with E-state index in [2.05, 4.69) is 0 Å². The number of hydrogen-bond donors (Lipinski definition) is 1. The largest absolute Gasteiger partial charge is 0.507 e. The predicted molar refractivity (Wildman–Crippen MR) is 71.6 cm³/mol. The minimum absolute atomic E-state index is 0.0475. The van der Waals surface area contributed by atoms with Crippen LogP contribution in [0.25, 0.3) is 12.2 Å². The molecule has 0 aliphatic heterocycles. The van der Waals surface area contributed by atoms with Gasteiger partial charge in [0.25, 0.3) is 0 Å². The Morgan fingerprint density at radius 1 is 1.00 bits per heavy atom. The van der Waals surface area contributed by atoms with Gasteiger partial charge in [-0.25, -0.2) is 0 Å². The van der Waals surface area contributed by atoms with Gasteiger partial charge in [-0.05, 0) is 35.7 Å². The Kier molecular flexibility index (Phi) is 2.30. The van der Waals surface area contributed by atoms with Crippen molar-refractivity contribution in [3.05, 3.63) is 64.2 Å². The maximum atomic E-state index is 12.4. The fourth-order valence-electron chi connectivity index (χ4n) is 2.15. The molecular weight excluding hydrogens is 224 g/mol. The molecule has 0 aromatic heterocycles. The molecule has 2 nitrogen and oxygen atoms in total. The van der Waals surface area contributed by atoms with Crippen LogP contribution in [0.15, 0.2) is 36.4 Å². The van der Waals surface area contributed by atoms with Crippen LogP contribution in [0.3, 0.4) is 0 Å². The van der Waals surface area contributed by atoms with E-state index in [1.54, 1.807) is 18.2 Å². The van der Waals surface area contributed by atoms with Gasteiger partial charge in [0.1, 0.15) is 5.75 Å². The third-order valence-corrected chi connectivity index (χ3v) is 3.28. The molecule has 1 aliphatic carbocycles. The van der Waals surface area contributed by atoms with E-state index in [9.17, 15) is 9.90 Å². The zero-order valence-corrected chi connectivity index (χ0v) is 9.97. The molecule has 0 fully saturated rings. The normalized spacial score (nSPS) is 11.8. The van der Waals surface area contributed by atoms with Gasteiger partial charge in [-0.2, -0.15) is 0 Å². The summed E-state index contributed by atoms with van der Waals surface area (Å²) in [4.78, 5) is 12.4. The molecule has 0 amide bonds. The predicted octanol–water partition coefficient (Wildman–Crippen LogP) is 3.42. The van der Waals surface area contributed by atoms with Crippen LogP contribution in [-0.2, 0) is 0 Å². The third kappa shape index (κ3) is 1.54. The summed E-state index contributed by atoms with van der Waals surface area (Å²) < 4.78 is 0. The second-order valence-electron chi connectivity index (χ2n) is 4.48. The third-order valence-electron chi connectivity index (χ3n) is 3.28. The van der Waals surface area contributed by atoms with Crippen molar-refractivity contribution in [3.63, 3.8) is 0 Å². The summed E-state index contributed by atoms with van der Waals surface area (Å²) in [5.41, 5.74) is 3.90. The lowest BCUT2D eigenvalue weighted by atomic mass is 9.91. The molecule has 1 N–H and O–H groups in total. The highest BCUT2D eigenvalue weighted by Gasteiger charge is 2.18. The number of aryl methyl sites for hydroxylation is 1. The number of fused-ring (bicyclic) bond motifs is 1. The summed E-state index contributed by atoms with van der Waals surface area (Å²) in [5.74, 6) is -0.0833. The number of hydrogen-bond acceptors (Lipinski definition) is 2. The average molecular weight is 236 g/mol. The lowest BCUT2D eigenvalue weighted by molar-refractivity contribution is 0.103. The van der Waals surface area contributed by atoms with Crippen LogP contribution < -0.4 is 0 Å². The molecule has 0 unspecified atom stereocenters. The Morgan fingerprint density at radius 3 is 2.33 bits per heavy atom. The highest BCUT2D eigenvalue weighted by Crippen LogP contribution is 2.32. The standard InChI is InChI=1S/C16H12O2/c1-10-4-2-3-5-13(10)16(18)14-8-11-6-7-12(11)9-15(14)17/h2-9,17H,1H3. The smallest absolute Gasteiger partial charge is 0.197 e. The summed E-state index contributed by atoms with van der Waals surface area (Å²) in [6, 6.07) is 10.8. The summed E-state index contributed by atoms with van der Waals surface area (Å²) in [6.45, 7) is 1.89. The number of phenols is 1. The van der Waals surface area contributed by atoms with Crippen molar-refractivity contribution in [1.29, 1.82) is 0 Å². The molecule has 0 heterocycles. The van der Waals surface area contributed by atoms with E-state index in [1.807, 2.05) is 37.3 Å². The molecule has 0 saturated heterocycles. The first kappa shape index (κ1) is 10.8. The van der Waals surface area contributed by atoms with E-state index in [4.69, 9.17) is 0 Å². The van der Waals surface area contributed by atoms with Crippen molar-refractivity contribution in [2.24, 2.45) is 0 Å². The Balaban J connectivity index is 2.09. The molecule has 0 radical (unpaired) electrons. The first-order valence-electron chi connectivity index (χ1n) is 5.82. The van der Waals surface area contributed by atoms with Crippen molar-refractivity contribution < 1.29 is 9.90 Å². The molecule has 88 valence electrons. The fourth-order valence-corrected chi connectivity index (χ4v) is 2.15. The minimum atomic E-state index is -0.131. The van der Waals surface area contributed by atoms with Gasteiger partial charge < -0.3 is 5.11 Å². The Hall–Kier alpha value is -2.35. The molecule has 0 saturated carbocycles. The molecule has 1 aliphatic rings. The molecule has 0 atom stereocenters. The molecular formula is C16H12O2. The van der Waals surface area contributed by atoms with Crippen LogP contribution in [0.2, 0.25) is 0 Å². The second-order valence-corrected chi connectivity index (χ2v) is 4.48. The van der Waals surface area contributed by atoms with E-state index in [0.717, 1.165) is 16.7 Å². The number of rotatable bonds is 2. The highest BCUT2D eigenvalue weighted by atomic mass is 16.3. The maximum absolute atomic E-state index is 12.4. The van der Waals surface area contributed by atoms with Gasteiger partial charge in [0.2, 0.25) is 0 Å². The number of carbonyl (C=O) groups is 1. The summed E-state index contributed by atoms with van der Waals surface area (Å²) in [5, 5.41) is 9.92. The number of benzene rings is 2. The molecule has 2 aromatic carbocycles. The monoisotopic (exact) mass is 236 g/mol. The van der Waals surface area contributed by atoms with E-state index < -0.39 is 0 Å². The van der Waals surface area contributed by atoms with Crippen LogP contribution in [0, 0.1) is 6.92 Å². The molecule has 3 rings (SSSR count). The minimum Gasteiger partial charge on any atom is -0.507 e. The summed E-state index contributed by atoms with van der Waals surface area (Å²) in [6.07, 6.45) is 3.85. The SMILES string of the molecule is Cc1ccccc1C(=O)c1cc2c(cc1O)C=C2. The average Bonchev–Trinajstić information content (AvgIpc) is 2.34. The number of carbonyl (C=O) groups excluding carboxylic acids is 1. The van der Waals surface area contributed by atoms with Gasteiger partial charge in [0, 0.05) is 5.56 Å². The maximum Gasteiger partial charge on any atom is 0.197 e. The van der Waals surface area contributed by atoms with Gasteiger partial charge in [-0.3, -0.25) is 4.79 Å². The van der Waals surface area contributed by atoms with E-state index in [0.29, 0.717) is 11.1 Å². The van der Waals surface area contributed by atoms with E-state index in [1.165, 1.54) is 0 Å². The van der Waals surface area contributed by atoms with Crippen molar-refractivity contribution in [2.45, 2.75) is 6.92 Å². The van der Waals surface area contributed by atoms with Crippen molar-refractivity contribution in [1.82, 2.24) is 0 Å². The number of aromatic hydroxyl groups is 1. The molecule has 2 aromatic rings. The first-order chi connectivity index (χ1) is 8.66. The quantitative estimate of drug-likeness (QED) is 0.692. The van der Waals surface area contributed by atoms with Gasteiger partial charge >= 0.3 is 0 Å². The fraction of sp³-hybridized carbons (Fsp3) is 0.0625. The van der Waals surface area contributed by atoms with Gasteiger partial charge in [-0.1, -0.05) is 36.4 Å². The Labute approximate surface area is 105 Å². The number of phenolic OH excluding ortho intramolecular Hbond substituents is 1. The topological polar surface area (TPSA) is 37.3 Å². The van der Waals surface area contributed by atoms with Crippen molar-refractivity contribution >= 4 is 17.9 Å². The Bertz CT molecular complexity index is 681. The lowest BCUT2D eigenvalue weighted by Gasteiger charge is -2.14. The van der Waals surface area contributed by atoms with Crippen LogP contribution in [0.5, 0.6) is 5.75 Å². The summed E-state index contributed by atoms with van der Waals surface area (Å²) >= 11 is 0. The van der Waals surface area contributed by atoms with Gasteiger partial charge in [0.05, 0.1) is 5.56 Å². The van der Waals surface area contributed by atoms with Crippen molar-refractivity contribution in [2.75, 3.05) is 0 Å². The van der Waals surface area contributed by atoms with Crippen LogP contribution in [0.4, 0.5) is 0 Å². The summed E-state index contributed by atoms with van der Waals surface area (Å²) in [7, 11) is 0. The number of ketones is 1. The zero-order chi connectivity index (χ0) is 12.7. The molecule has 2 heteroatoms. The van der Waals surface area contributed by atoms with E-state index in [-0.39, 0.29) is 11.5 Å².